The Hall–Kier alpha value is -2.02. The van der Waals surface area contributed by atoms with Crippen LogP contribution in [0.4, 0.5) is 9.39 Å². The number of hydrogen-bond acceptors (Lipinski definition) is 6. The summed E-state index contributed by atoms with van der Waals surface area (Å²) in [6.07, 6.45) is 0. The van der Waals surface area contributed by atoms with Gasteiger partial charge in [-0.3, -0.25) is 0 Å². The number of halogens is 1. The highest BCUT2D eigenvalue weighted by Crippen LogP contribution is 2.17. The molecule has 1 aromatic heterocycles. The summed E-state index contributed by atoms with van der Waals surface area (Å²) in [5, 5.41) is 3.71. The van der Waals surface area contributed by atoms with E-state index in [1.165, 1.54) is 24.3 Å². The van der Waals surface area contributed by atoms with E-state index in [2.05, 4.69) is 9.59 Å². The lowest BCUT2D eigenvalue weighted by Gasteiger charge is -2.01. The zero-order valence-electron chi connectivity index (χ0n) is 7.88. The molecule has 0 aliphatic rings. The largest absolute Gasteiger partial charge is 0.422 e. The Bertz CT molecular complexity index is 512. The van der Waals surface area contributed by atoms with Gasteiger partial charge in [-0.2, -0.15) is 0 Å². The molecule has 5 nitrogen and oxygen atoms in total. The average molecular weight is 239 g/mol. The first kappa shape index (κ1) is 10.5. The minimum atomic E-state index is -0.710. The Balaban J connectivity index is 2.14. The number of aromatic nitrogens is 2. The number of rotatable bonds is 2. The van der Waals surface area contributed by atoms with Crippen LogP contribution in [0.5, 0.6) is 5.75 Å². The lowest BCUT2D eigenvalue weighted by Crippen LogP contribution is -2.11. The number of nitrogens with two attached hydrogens (primary N) is 1. The second-order valence-corrected chi connectivity index (χ2v) is 3.61. The molecule has 0 bridgehead atoms. The van der Waals surface area contributed by atoms with E-state index in [-0.39, 0.29) is 16.4 Å². The molecule has 7 heteroatoms. The van der Waals surface area contributed by atoms with E-state index in [1.807, 2.05) is 0 Å². The van der Waals surface area contributed by atoms with Gasteiger partial charge in [0.25, 0.3) is 0 Å². The molecule has 0 atom stereocenters. The molecule has 1 aromatic carbocycles. The molecule has 0 spiro atoms. The number of benzene rings is 1. The molecule has 0 radical (unpaired) electrons. The normalized spacial score (nSPS) is 10.1. The Labute approximate surface area is 93.8 Å². The van der Waals surface area contributed by atoms with Gasteiger partial charge in [-0.05, 0) is 24.3 Å². The molecule has 82 valence electrons. The first-order valence-corrected chi connectivity index (χ1v) is 5.00. The predicted octanol–water partition coefficient (Wildman–Crippen LogP) is 1.48. The number of nitrogens with zero attached hydrogens (tertiary/aromatic N) is 2. The molecule has 2 aromatic rings. The zero-order valence-corrected chi connectivity index (χ0v) is 8.70. The Kier molecular flexibility index (Phi) is 2.78. The highest BCUT2D eigenvalue weighted by atomic mass is 32.1. The van der Waals surface area contributed by atoms with Crippen LogP contribution in [0.1, 0.15) is 10.5 Å². The van der Waals surface area contributed by atoms with Crippen LogP contribution in [-0.4, -0.2) is 15.6 Å². The fourth-order valence-electron chi connectivity index (χ4n) is 0.997. The van der Waals surface area contributed by atoms with Crippen molar-refractivity contribution in [3.05, 3.63) is 35.8 Å². The van der Waals surface area contributed by atoms with Gasteiger partial charge in [-0.25, -0.2) is 9.18 Å². The van der Waals surface area contributed by atoms with Crippen molar-refractivity contribution < 1.29 is 13.9 Å². The van der Waals surface area contributed by atoms with Crippen molar-refractivity contribution in [3.8, 4) is 5.75 Å². The van der Waals surface area contributed by atoms with Crippen molar-refractivity contribution in [2.45, 2.75) is 0 Å². The van der Waals surface area contributed by atoms with Gasteiger partial charge < -0.3 is 10.5 Å². The fourth-order valence-corrected chi connectivity index (χ4v) is 1.42. The lowest BCUT2D eigenvalue weighted by molar-refractivity contribution is 0.0729. The molecule has 0 unspecified atom stereocenters. The SMILES string of the molecule is Nc1snnc1C(=O)Oc1ccc(F)cc1. The van der Waals surface area contributed by atoms with Gasteiger partial charge in [0.1, 0.15) is 16.6 Å². The van der Waals surface area contributed by atoms with E-state index >= 15 is 0 Å². The third-order valence-corrected chi connectivity index (χ3v) is 2.28. The Morgan fingerprint density at radius 1 is 1.38 bits per heavy atom. The van der Waals surface area contributed by atoms with Crippen LogP contribution in [0.3, 0.4) is 0 Å². The second-order valence-electron chi connectivity index (χ2n) is 2.83. The van der Waals surface area contributed by atoms with Crippen LogP contribution < -0.4 is 10.5 Å². The molecule has 0 aliphatic carbocycles. The molecule has 0 saturated carbocycles. The van der Waals surface area contributed by atoms with Crippen molar-refractivity contribution in [3.63, 3.8) is 0 Å². The van der Waals surface area contributed by atoms with E-state index in [1.54, 1.807) is 0 Å². The first-order valence-electron chi connectivity index (χ1n) is 4.22. The van der Waals surface area contributed by atoms with E-state index in [0.29, 0.717) is 0 Å². The average Bonchev–Trinajstić information content (AvgIpc) is 2.68. The molecule has 0 fully saturated rings. The van der Waals surface area contributed by atoms with Crippen molar-refractivity contribution >= 4 is 22.5 Å². The van der Waals surface area contributed by atoms with Crippen LogP contribution in [0, 0.1) is 5.82 Å². The summed E-state index contributed by atoms with van der Waals surface area (Å²) in [6.45, 7) is 0. The number of esters is 1. The van der Waals surface area contributed by atoms with Crippen LogP contribution >= 0.6 is 11.5 Å². The second kappa shape index (κ2) is 4.23. The smallest absolute Gasteiger partial charge is 0.367 e. The third-order valence-electron chi connectivity index (χ3n) is 1.73. The third kappa shape index (κ3) is 2.14. The van der Waals surface area contributed by atoms with Crippen LogP contribution in [-0.2, 0) is 0 Å². The van der Waals surface area contributed by atoms with Crippen LogP contribution in [0.2, 0.25) is 0 Å². The maximum atomic E-state index is 12.6. The molecule has 0 amide bonds. The van der Waals surface area contributed by atoms with Crippen molar-refractivity contribution in [1.82, 2.24) is 9.59 Å². The molecule has 2 N–H and O–H groups in total. The van der Waals surface area contributed by atoms with Gasteiger partial charge in [-0.1, -0.05) is 4.49 Å². The molecule has 2 rings (SSSR count). The first-order chi connectivity index (χ1) is 7.66. The molecule has 16 heavy (non-hydrogen) atoms. The molecule has 1 heterocycles. The van der Waals surface area contributed by atoms with Gasteiger partial charge >= 0.3 is 5.97 Å². The van der Waals surface area contributed by atoms with Gasteiger partial charge in [0.2, 0.25) is 5.69 Å². The fraction of sp³-hybridized carbons (Fsp3) is 0. The molecule has 0 saturated heterocycles. The van der Waals surface area contributed by atoms with E-state index < -0.39 is 11.8 Å². The van der Waals surface area contributed by atoms with Gasteiger partial charge in [0.05, 0.1) is 0 Å². The predicted molar refractivity (Wildman–Crippen MR) is 55.7 cm³/mol. The zero-order chi connectivity index (χ0) is 11.5. The number of carbonyl (C=O) groups excluding carboxylic acids is 1. The molecular weight excluding hydrogens is 233 g/mol. The minimum Gasteiger partial charge on any atom is -0.422 e. The van der Waals surface area contributed by atoms with E-state index in [0.717, 1.165) is 11.5 Å². The Morgan fingerprint density at radius 2 is 2.06 bits per heavy atom. The van der Waals surface area contributed by atoms with Gasteiger partial charge in [0, 0.05) is 11.5 Å². The topological polar surface area (TPSA) is 78.1 Å². The number of carbonyl (C=O) groups is 1. The number of anilines is 1. The summed E-state index contributed by atoms with van der Waals surface area (Å²) in [5.74, 6) is -0.897. The summed E-state index contributed by atoms with van der Waals surface area (Å²) in [5.41, 5.74) is 5.42. The molecular formula is C9H6FN3O2S. The summed E-state index contributed by atoms with van der Waals surface area (Å²) in [7, 11) is 0. The number of hydrogen-bond donors (Lipinski definition) is 1. The van der Waals surface area contributed by atoms with Crippen LogP contribution in [0.25, 0.3) is 0 Å². The number of nitrogen functional groups attached to an aromatic ring is 1. The van der Waals surface area contributed by atoms with E-state index in [9.17, 15) is 9.18 Å². The van der Waals surface area contributed by atoms with Crippen molar-refractivity contribution in [1.29, 1.82) is 0 Å². The number of ether oxygens (including phenoxy) is 1. The van der Waals surface area contributed by atoms with E-state index in [4.69, 9.17) is 10.5 Å². The maximum absolute atomic E-state index is 12.6. The maximum Gasteiger partial charge on any atom is 0.367 e. The molecule has 0 aliphatic heterocycles. The van der Waals surface area contributed by atoms with Crippen LogP contribution in [0.15, 0.2) is 24.3 Å². The summed E-state index contributed by atoms with van der Waals surface area (Å²) >= 11 is 0.902. The highest BCUT2D eigenvalue weighted by molar-refractivity contribution is 7.10. The van der Waals surface area contributed by atoms with Gasteiger partial charge in [-0.15, -0.1) is 5.10 Å². The van der Waals surface area contributed by atoms with Gasteiger partial charge in [0.15, 0.2) is 0 Å². The minimum absolute atomic E-state index is 0.0330. The highest BCUT2D eigenvalue weighted by Gasteiger charge is 2.16. The monoisotopic (exact) mass is 239 g/mol. The van der Waals surface area contributed by atoms with Crippen molar-refractivity contribution in [2.24, 2.45) is 0 Å². The standard InChI is InChI=1S/C9H6FN3O2S/c10-5-1-3-6(4-2-5)15-9(14)7-8(11)16-13-12-7/h1-4H,11H2. The lowest BCUT2D eigenvalue weighted by atomic mass is 10.3. The summed E-state index contributed by atoms with van der Waals surface area (Å²) < 4.78 is 21.0. The quantitative estimate of drug-likeness (QED) is 0.634. The van der Waals surface area contributed by atoms with Crippen molar-refractivity contribution in [2.75, 3.05) is 5.73 Å². The Morgan fingerprint density at radius 3 is 2.62 bits per heavy atom. The summed E-state index contributed by atoms with van der Waals surface area (Å²) in [4.78, 5) is 11.5. The summed E-state index contributed by atoms with van der Waals surface area (Å²) in [6, 6.07) is 5.04.